The topological polar surface area (TPSA) is 45.4 Å². The molecule has 3 aromatic rings. The molecule has 0 saturated carbocycles. The molecule has 0 fully saturated rings. The lowest BCUT2D eigenvalue weighted by atomic mass is 9.88. The number of ether oxygens (including phenoxy) is 1. The molecule has 2 N–H and O–H groups in total. The first kappa shape index (κ1) is 24.1. The number of rotatable bonds is 5. The molecule has 32 heavy (non-hydrogen) atoms. The zero-order valence-electron chi connectivity index (χ0n) is 18.3. The molecule has 0 atom stereocenters. The van der Waals surface area contributed by atoms with E-state index in [1.165, 1.54) is 0 Å². The van der Waals surface area contributed by atoms with Gasteiger partial charge < -0.3 is 15.2 Å². The van der Waals surface area contributed by atoms with E-state index in [0.29, 0.717) is 32.0 Å². The van der Waals surface area contributed by atoms with Crippen molar-refractivity contribution < 1.29 is 14.4 Å². The number of benzene rings is 2. The third kappa shape index (κ3) is 5.60. The summed E-state index contributed by atoms with van der Waals surface area (Å²) in [6, 6.07) is 16.4. The SMILES string of the molecule is COc1cccc(NC(=S)/C(=C(\O)c2ccc(Cl)c(Cl)c2)[n+]2ccc(C(C)(C)C)cc2)c1. The van der Waals surface area contributed by atoms with Gasteiger partial charge in [-0.15, -0.1) is 0 Å². The summed E-state index contributed by atoms with van der Waals surface area (Å²) in [4.78, 5) is 0.329. The number of hydrogen-bond donors (Lipinski definition) is 2. The van der Waals surface area contributed by atoms with Crippen LogP contribution in [-0.2, 0) is 5.41 Å². The van der Waals surface area contributed by atoms with Crippen molar-refractivity contribution in [3.63, 3.8) is 0 Å². The monoisotopic (exact) mass is 487 g/mol. The first-order valence-electron chi connectivity index (χ1n) is 9.96. The number of methoxy groups -OCH3 is 1. The molecular weight excluding hydrogens is 463 g/mol. The van der Waals surface area contributed by atoms with Gasteiger partial charge in [-0.25, -0.2) is 0 Å². The highest BCUT2D eigenvalue weighted by Crippen LogP contribution is 2.28. The number of hydrogen-bond acceptors (Lipinski definition) is 3. The third-order valence-electron chi connectivity index (χ3n) is 4.91. The zero-order chi connectivity index (χ0) is 23.5. The van der Waals surface area contributed by atoms with E-state index in [1.54, 1.807) is 29.9 Å². The van der Waals surface area contributed by atoms with Crippen LogP contribution in [-0.4, -0.2) is 17.2 Å². The number of aromatic nitrogens is 1. The Balaban J connectivity index is 2.09. The van der Waals surface area contributed by atoms with Crippen LogP contribution in [0.2, 0.25) is 10.0 Å². The molecule has 2 aromatic carbocycles. The summed E-state index contributed by atoms with van der Waals surface area (Å²) in [7, 11) is 1.60. The fourth-order valence-corrected chi connectivity index (χ4v) is 3.71. The molecule has 166 valence electrons. The van der Waals surface area contributed by atoms with Gasteiger partial charge in [-0.2, -0.15) is 4.57 Å². The van der Waals surface area contributed by atoms with Gasteiger partial charge in [-0.3, -0.25) is 0 Å². The summed E-state index contributed by atoms with van der Waals surface area (Å²) >= 11 is 18.0. The molecular formula is C25H25Cl2N2O2S+. The number of nitrogens with zero attached hydrogens (tertiary/aromatic N) is 1. The number of nitrogens with one attached hydrogen (secondary N) is 1. The fraction of sp³-hybridized carbons (Fsp3) is 0.200. The predicted molar refractivity (Wildman–Crippen MR) is 137 cm³/mol. The molecule has 0 radical (unpaired) electrons. The van der Waals surface area contributed by atoms with Crippen LogP contribution in [0.3, 0.4) is 0 Å². The van der Waals surface area contributed by atoms with Crippen molar-refractivity contribution in [3.8, 4) is 5.75 Å². The van der Waals surface area contributed by atoms with Crippen molar-refractivity contribution in [1.82, 2.24) is 0 Å². The number of pyridine rings is 1. The molecule has 0 bridgehead atoms. The van der Waals surface area contributed by atoms with Crippen LogP contribution in [0.25, 0.3) is 11.5 Å². The Hall–Kier alpha value is -2.60. The van der Waals surface area contributed by atoms with E-state index in [4.69, 9.17) is 40.2 Å². The lowest BCUT2D eigenvalue weighted by Gasteiger charge is -2.18. The maximum absolute atomic E-state index is 11.2. The fourth-order valence-electron chi connectivity index (χ4n) is 3.09. The van der Waals surface area contributed by atoms with Crippen LogP contribution >= 0.6 is 35.4 Å². The summed E-state index contributed by atoms with van der Waals surface area (Å²) in [6.45, 7) is 6.43. The van der Waals surface area contributed by atoms with Gasteiger partial charge in [0.15, 0.2) is 23.1 Å². The maximum Gasteiger partial charge on any atom is 0.288 e. The molecule has 0 aliphatic heterocycles. The molecule has 1 aromatic heterocycles. The molecule has 0 spiro atoms. The number of halogens is 2. The van der Waals surface area contributed by atoms with Gasteiger partial charge in [0, 0.05) is 29.4 Å². The second kappa shape index (κ2) is 9.90. The normalized spacial score (nSPS) is 12.2. The molecule has 0 amide bonds. The standard InChI is InChI=1S/C25H24Cl2N2O2S/c1-25(2,3)17-10-12-29(13-11-17)22(23(30)16-8-9-20(26)21(27)14-16)24(32)28-18-6-5-7-19(15-18)31-4/h5-15H,1-4H3,(H-,28,30,32)/p+1. The largest absolute Gasteiger partial charge is 0.502 e. The average Bonchev–Trinajstić information content (AvgIpc) is 2.75. The van der Waals surface area contributed by atoms with E-state index < -0.39 is 0 Å². The first-order valence-corrected chi connectivity index (χ1v) is 11.1. The highest BCUT2D eigenvalue weighted by Gasteiger charge is 2.25. The Morgan fingerprint density at radius 2 is 1.69 bits per heavy atom. The molecule has 7 heteroatoms. The quantitative estimate of drug-likeness (QED) is 0.177. The summed E-state index contributed by atoms with van der Waals surface area (Å²) in [5.41, 5.74) is 2.79. The molecule has 0 unspecified atom stereocenters. The molecule has 0 aliphatic rings. The van der Waals surface area contributed by atoms with Gasteiger partial charge in [-0.1, -0.05) is 62.3 Å². The maximum atomic E-state index is 11.2. The molecule has 4 nitrogen and oxygen atoms in total. The Morgan fingerprint density at radius 3 is 2.28 bits per heavy atom. The lowest BCUT2D eigenvalue weighted by molar-refractivity contribution is -0.575. The number of thiocarbonyl (C=S) groups is 1. The average molecular weight is 488 g/mol. The Kier molecular flexibility index (Phi) is 7.44. The second-order valence-electron chi connectivity index (χ2n) is 8.26. The van der Waals surface area contributed by atoms with Gasteiger partial charge in [0.1, 0.15) is 5.75 Å². The molecule has 0 saturated heterocycles. The van der Waals surface area contributed by atoms with Crippen molar-refractivity contribution >= 4 is 57.6 Å². The number of anilines is 1. The van der Waals surface area contributed by atoms with Crippen molar-refractivity contribution in [3.05, 3.63) is 88.2 Å². The molecule has 3 rings (SSSR count). The van der Waals surface area contributed by atoms with Gasteiger partial charge in [0.2, 0.25) is 0 Å². The van der Waals surface area contributed by atoms with E-state index >= 15 is 0 Å². The van der Waals surface area contributed by atoms with Crippen LogP contribution in [0.15, 0.2) is 67.0 Å². The van der Waals surface area contributed by atoms with Crippen molar-refractivity contribution in [2.75, 3.05) is 12.4 Å². The van der Waals surface area contributed by atoms with Crippen molar-refractivity contribution in [2.24, 2.45) is 0 Å². The highest BCUT2D eigenvalue weighted by atomic mass is 35.5. The van der Waals surface area contributed by atoms with Gasteiger partial charge in [0.25, 0.3) is 5.70 Å². The summed E-state index contributed by atoms with van der Waals surface area (Å²) in [5.74, 6) is 0.664. The van der Waals surface area contributed by atoms with Gasteiger partial charge in [0.05, 0.1) is 17.2 Å². The third-order valence-corrected chi connectivity index (χ3v) is 5.95. The number of aliphatic hydroxyl groups is 1. The Labute approximate surface area is 204 Å². The van der Waals surface area contributed by atoms with Crippen LogP contribution in [0, 0.1) is 0 Å². The zero-order valence-corrected chi connectivity index (χ0v) is 20.6. The minimum Gasteiger partial charge on any atom is -0.502 e. The van der Waals surface area contributed by atoms with Crippen LogP contribution < -0.4 is 14.6 Å². The van der Waals surface area contributed by atoms with E-state index in [1.807, 2.05) is 48.8 Å². The smallest absolute Gasteiger partial charge is 0.288 e. The minimum absolute atomic E-state index is 0.00589. The van der Waals surface area contributed by atoms with E-state index in [-0.39, 0.29) is 11.2 Å². The van der Waals surface area contributed by atoms with E-state index in [9.17, 15) is 5.11 Å². The minimum atomic E-state index is -0.0301. The molecule has 0 aliphatic carbocycles. The Bertz CT molecular complexity index is 1170. The van der Waals surface area contributed by atoms with Gasteiger partial charge >= 0.3 is 0 Å². The predicted octanol–water partition coefficient (Wildman–Crippen LogP) is 6.91. The summed E-state index contributed by atoms with van der Waals surface area (Å²) in [6.07, 6.45) is 3.76. The summed E-state index contributed by atoms with van der Waals surface area (Å²) < 4.78 is 7.07. The van der Waals surface area contributed by atoms with Crippen molar-refractivity contribution in [2.45, 2.75) is 26.2 Å². The number of aliphatic hydroxyl groups excluding tert-OH is 1. The molecule has 1 heterocycles. The van der Waals surface area contributed by atoms with Crippen LogP contribution in [0.5, 0.6) is 5.75 Å². The second-order valence-corrected chi connectivity index (χ2v) is 9.48. The van der Waals surface area contributed by atoms with E-state index in [2.05, 4.69) is 26.1 Å². The first-order chi connectivity index (χ1) is 15.1. The van der Waals surface area contributed by atoms with Gasteiger partial charge in [-0.05, 0) is 41.3 Å². The Morgan fingerprint density at radius 1 is 1.00 bits per heavy atom. The van der Waals surface area contributed by atoms with E-state index in [0.717, 1.165) is 11.3 Å². The lowest BCUT2D eigenvalue weighted by Crippen LogP contribution is -2.39. The summed E-state index contributed by atoms with van der Waals surface area (Å²) in [5, 5.41) is 15.2. The van der Waals surface area contributed by atoms with Crippen LogP contribution in [0.1, 0.15) is 31.9 Å². The van der Waals surface area contributed by atoms with Crippen LogP contribution in [0.4, 0.5) is 5.69 Å². The van der Waals surface area contributed by atoms with Crippen molar-refractivity contribution in [1.29, 1.82) is 0 Å². The highest BCUT2D eigenvalue weighted by molar-refractivity contribution is 7.81.